The van der Waals surface area contributed by atoms with Crippen LogP contribution in [0, 0.1) is 0 Å². The predicted octanol–water partition coefficient (Wildman–Crippen LogP) is 4.59. The van der Waals surface area contributed by atoms with Gasteiger partial charge >= 0.3 is 12.2 Å². The Bertz CT molecular complexity index is 1530. The van der Waals surface area contributed by atoms with Crippen LogP contribution in [0.4, 0.5) is 29.2 Å². The molecule has 2 fully saturated rings. The van der Waals surface area contributed by atoms with Gasteiger partial charge in [0, 0.05) is 50.1 Å². The summed E-state index contributed by atoms with van der Waals surface area (Å²) in [4.78, 5) is 30.7. The number of aromatic nitrogens is 3. The van der Waals surface area contributed by atoms with Gasteiger partial charge in [0.25, 0.3) is 0 Å². The number of amides is 1. The first-order valence-electron chi connectivity index (χ1n) is 13.3. The molecule has 0 aliphatic carbocycles. The van der Waals surface area contributed by atoms with Crippen LogP contribution in [-0.2, 0) is 11.0 Å². The third-order valence-electron chi connectivity index (χ3n) is 7.85. The van der Waals surface area contributed by atoms with Crippen LogP contribution in [0.25, 0.3) is 22.2 Å². The zero-order valence-corrected chi connectivity index (χ0v) is 23.8. The standard InChI is InChI=1S/C28H30ClF4N7O2/c1-4-23(41)39-7-9-40(10-8-39)25-18-11-20(29)17(24-19(28(31,32)33)5-6-22(34)36-24)12-21(18)35-26(37-25)42-15-27(2)13-16(30)14-38(27)3/h4-6,11-12,16H,1,7-10,13-15H2,2-3H3,(H2,34,36). The number of hydrogen-bond donors (Lipinski definition) is 1. The molecule has 2 aliphatic rings. The third kappa shape index (κ3) is 5.80. The molecule has 2 unspecified atom stereocenters. The van der Waals surface area contributed by atoms with E-state index in [1.807, 2.05) is 23.8 Å². The largest absolute Gasteiger partial charge is 0.461 e. The Hall–Kier alpha value is -3.71. The quantitative estimate of drug-likeness (QED) is 0.321. The fourth-order valence-electron chi connectivity index (χ4n) is 5.38. The van der Waals surface area contributed by atoms with Gasteiger partial charge in [-0.3, -0.25) is 9.69 Å². The van der Waals surface area contributed by atoms with Gasteiger partial charge < -0.3 is 20.3 Å². The molecule has 224 valence electrons. The maximum absolute atomic E-state index is 14.1. The van der Waals surface area contributed by atoms with Gasteiger partial charge in [0.1, 0.15) is 24.4 Å². The summed E-state index contributed by atoms with van der Waals surface area (Å²) in [6.07, 6.45) is -4.18. The smallest absolute Gasteiger partial charge is 0.418 e. The SMILES string of the molecule is C=CC(=O)N1CCN(c2nc(OCC3(C)CC(F)CN3C)nc3cc(-c4nc(N)ccc4C(F)(F)F)c(Cl)cc23)CC1. The maximum atomic E-state index is 14.1. The molecule has 14 heteroatoms. The van der Waals surface area contributed by atoms with Crippen molar-refractivity contribution in [2.75, 3.05) is 57.0 Å². The molecular formula is C28H30ClF4N7O2. The molecule has 2 saturated heterocycles. The highest BCUT2D eigenvalue weighted by atomic mass is 35.5. The highest BCUT2D eigenvalue weighted by molar-refractivity contribution is 6.34. The number of nitrogens with zero attached hydrogens (tertiary/aromatic N) is 6. The van der Waals surface area contributed by atoms with Crippen molar-refractivity contribution >= 4 is 40.0 Å². The number of piperazine rings is 1. The number of rotatable bonds is 6. The first-order valence-corrected chi connectivity index (χ1v) is 13.7. The molecular weight excluding hydrogens is 578 g/mol. The monoisotopic (exact) mass is 607 g/mol. The lowest BCUT2D eigenvalue weighted by molar-refractivity contribution is -0.137. The van der Waals surface area contributed by atoms with Gasteiger partial charge in [0.15, 0.2) is 0 Å². The van der Waals surface area contributed by atoms with Crippen molar-refractivity contribution in [3.63, 3.8) is 0 Å². The second-order valence-corrected chi connectivity index (χ2v) is 11.2. The van der Waals surface area contributed by atoms with Gasteiger partial charge in [-0.05, 0) is 44.3 Å². The first-order chi connectivity index (χ1) is 19.8. The summed E-state index contributed by atoms with van der Waals surface area (Å²) in [6.45, 7) is 7.43. The van der Waals surface area contributed by atoms with Crippen molar-refractivity contribution in [2.24, 2.45) is 0 Å². The average Bonchev–Trinajstić information content (AvgIpc) is 3.20. The number of fused-ring (bicyclic) bond motifs is 1. The molecule has 0 radical (unpaired) electrons. The summed E-state index contributed by atoms with van der Waals surface area (Å²) < 4.78 is 61.9. The van der Waals surface area contributed by atoms with E-state index in [0.717, 1.165) is 12.1 Å². The van der Waals surface area contributed by atoms with Gasteiger partial charge in [0.05, 0.1) is 27.3 Å². The molecule has 9 nitrogen and oxygen atoms in total. The summed E-state index contributed by atoms with van der Waals surface area (Å²) in [6, 6.07) is 4.82. The number of likely N-dealkylation sites (N-methyl/N-ethyl adjacent to an activating group) is 1. The fourth-order valence-corrected chi connectivity index (χ4v) is 5.63. The molecule has 2 atom stereocenters. The molecule has 1 amide bonds. The van der Waals surface area contributed by atoms with Gasteiger partial charge in [-0.1, -0.05) is 18.2 Å². The fraction of sp³-hybridized carbons (Fsp3) is 0.429. The number of anilines is 2. The summed E-state index contributed by atoms with van der Waals surface area (Å²) in [5.74, 6) is 0.154. The number of pyridine rings is 1. The molecule has 2 aliphatic heterocycles. The number of likely N-dealkylation sites (tertiary alicyclic amines) is 1. The number of nitrogen functional groups attached to an aromatic ring is 1. The van der Waals surface area contributed by atoms with E-state index in [4.69, 9.17) is 22.1 Å². The van der Waals surface area contributed by atoms with Crippen molar-refractivity contribution in [3.05, 3.63) is 47.5 Å². The summed E-state index contributed by atoms with van der Waals surface area (Å²) in [5.41, 5.74) is 3.98. The molecule has 2 N–H and O–H groups in total. The van der Waals surface area contributed by atoms with Crippen molar-refractivity contribution < 1.29 is 27.1 Å². The van der Waals surface area contributed by atoms with Gasteiger partial charge in [-0.15, -0.1) is 0 Å². The van der Waals surface area contributed by atoms with Crippen LogP contribution in [0.2, 0.25) is 5.02 Å². The van der Waals surface area contributed by atoms with E-state index in [2.05, 4.69) is 21.5 Å². The summed E-state index contributed by atoms with van der Waals surface area (Å²) in [7, 11) is 1.81. The lowest BCUT2D eigenvalue weighted by Crippen LogP contribution is -2.48. The van der Waals surface area contributed by atoms with Crippen molar-refractivity contribution in [2.45, 2.75) is 31.2 Å². The lowest BCUT2D eigenvalue weighted by atomic mass is 10.0. The van der Waals surface area contributed by atoms with E-state index in [1.165, 1.54) is 18.2 Å². The van der Waals surface area contributed by atoms with Gasteiger partial charge in [0.2, 0.25) is 5.91 Å². The lowest BCUT2D eigenvalue weighted by Gasteiger charge is -2.35. The highest BCUT2D eigenvalue weighted by Gasteiger charge is 2.41. The van der Waals surface area contributed by atoms with Crippen LogP contribution in [0.15, 0.2) is 36.9 Å². The number of alkyl halides is 4. The second-order valence-electron chi connectivity index (χ2n) is 10.8. The molecule has 42 heavy (non-hydrogen) atoms. The van der Waals surface area contributed by atoms with Crippen LogP contribution in [-0.4, -0.2) is 88.7 Å². The minimum absolute atomic E-state index is 0.000770. The van der Waals surface area contributed by atoms with E-state index >= 15 is 0 Å². The minimum Gasteiger partial charge on any atom is -0.461 e. The number of nitrogens with two attached hydrogens (primary N) is 1. The molecule has 4 heterocycles. The predicted molar refractivity (Wildman–Crippen MR) is 152 cm³/mol. The van der Waals surface area contributed by atoms with E-state index in [-0.39, 0.29) is 53.4 Å². The topological polar surface area (TPSA) is 101 Å². The Morgan fingerprint density at radius 2 is 1.93 bits per heavy atom. The number of ether oxygens (including phenoxy) is 1. The van der Waals surface area contributed by atoms with Crippen molar-refractivity contribution in [3.8, 4) is 17.3 Å². The van der Waals surface area contributed by atoms with Crippen LogP contribution in [0.3, 0.4) is 0 Å². The normalized spacial score (nSPS) is 21.6. The number of benzene rings is 1. The number of hydrogen-bond acceptors (Lipinski definition) is 8. The molecule has 3 aromatic rings. The van der Waals surface area contributed by atoms with Crippen molar-refractivity contribution in [1.82, 2.24) is 24.8 Å². The molecule has 0 bridgehead atoms. The van der Waals surface area contributed by atoms with Crippen LogP contribution < -0.4 is 15.4 Å². The maximum Gasteiger partial charge on any atom is 0.418 e. The Labute approximate surface area is 244 Å². The summed E-state index contributed by atoms with van der Waals surface area (Å²) in [5, 5.41) is 0.476. The van der Waals surface area contributed by atoms with E-state index in [1.54, 1.807) is 4.90 Å². The first kappa shape index (κ1) is 29.8. The van der Waals surface area contributed by atoms with Gasteiger partial charge in [-0.25, -0.2) is 9.37 Å². The van der Waals surface area contributed by atoms with Crippen LogP contribution in [0.5, 0.6) is 6.01 Å². The molecule has 5 rings (SSSR count). The Balaban J connectivity index is 1.59. The second kappa shape index (κ2) is 11.2. The van der Waals surface area contributed by atoms with E-state index in [0.29, 0.717) is 37.4 Å². The highest BCUT2D eigenvalue weighted by Crippen LogP contribution is 2.41. The molecule has 2 aromatic heterocycles. The van der Waals surface area contributed by atoms with Crippen molar-refractivity contribution in [1.29, 1.82) is 0 Å². The van der Waals surface area contributed by atoms with Crippen LogP contribution >= 0.6 is 11.6 Å². The van der Waals surface area contributed by atoms with E-state index in [9.17, 15) is 22.4 Å². The average molecular weight is 608 g/mol. The molecule has 0 saturated carbocycles. The zero-order chi connectivity index (χ0) is 30.4. The Morgan fingerprint density at radius 1 is 1.21 bits per heavy atom. The minimum atomic E-state index is -4.71. The molecule has 1 aromatic carbocycles. The number of carbonyl (C=O) groups is 1. The Morgan fingerprint density at radius 3 is 2.55 bits per heavy atom. The molecule has 0 spiro atoms. The third-order valence-corrected chi connectivity index (χ3v) is 8.17. The number of halogens is 5. The number of carbonyl (C=O) groups excluding carboxylic acids is 1. The zero-order valence-electron chi connectivity index (χ0n) is 23.1. The summed E-state index contributed by atoms with van der Waals surface area (Å²) >= 11 is 6.58. The van der Waals surface area contributed by atoms with Gasteiger partial charge in [-0.2, -0.15) is 23.1 Å². The van der Waals surface area contributed by atoms with Crippen LogP contribution in [0.1, 0.15) is 18.9 Å². The Kier molecular flexibility index (Phi) is 7.92. The van der Waals surface area contributed by atoms with E-state index < -0.39 is 29.1 Å².